The molecule has 6 nitrogen and oxygen atoms in total. The minimum Gasteiger partial charge on any atom is -0.483 e. The Morgan fingerprint density at radius 1 is 1.16 bits per heavy atom. The number of hydrogen-bond acceptors (Lipinski definition) is 5. The lowest BCUT2D eigenvalue weighted by molar-refractivity contribution is -0.113. The van der Waals surface area contributed by atoms with Crippen LogP contribution in [0.25, 0.3) is 0 Å². The van der Waals surface area contributed by atoms with Gasteiger partial charge in [-0.25, -0.2) is 0 Å². The fraction of sp³-hybridized carbons (Fsp3) is 0.292. The molecule has 0 aliphatic rings. The Kier molecular flexibility index (Phi) is 7.52. The van der Waals surface area contributed by atoms with Crippen molar-refractivity contribution in [3.63, 3.8) is 0 Å². The maximum Gasteiger partial charge on any atom is 0.234 e. The molecule has 0 saturated carbocycles. The number of carbonyl (C=O) groups excluding carboxylic acids is 1. The highest BCUT2D eigenvalue weighted by molar-refractivity contribution is 7.99. The van der Waals surface area contributed by atoms with Crippen LogP contribution in [0.1, 0.15) is 35.5 Å². The second kappa shape index (κ2) is 10.3. The molecule has 1 heterocycles. The minimum absolute atomic E-state index is 0.0894. The molecular weight excluding hydrogens is 408 g/mol. The Morgan fingerprint density at radius 2 is 1.94 bits per heavy atom. The van der Waals surface area contributed by atoms with Crippen molar-refractivity contribution in [2.75, 3.05) is 11.1 Å². The normalized spacial score (nSPS) is 11.7. The van der Waals surface area contributed by atoms with Gasteiger partial charge in [0.15, 0.2) is 17.1 Å². The van der Waals surface area contributed by atoms with Crippen LogP contribution in [-0.4, -0.2) is 26.4 Å². The zero-order valence-corrected chi connectivity index (χ0v) is 19.2. The molecule has 162 valence electrons. The molecule has 0 aliphatic carbocycles. The van der Waals surface area contributed by atoms with E-state index in [-0.39, 0.29) is 17.8 Å². The lowest BCUT2D eigenvalue weighted by atomic mass is 10.1. The van der Waals surface area contributed by atoms with Gasteiger partial charge < -0.3 is 10.1 Å². The molecule has 0 spiro atoms. The summed E-state index contributed by atoms with van der Waals surface area (Å²) < 4.78 is 8.04. The van der Waals surface area contributed by atoms with Crippen LogP contribution in [0.15, 0.2) is 60.3 Å². The van der Waals surface area contributed by atoms with Crippen molar-refractivity contribution in [2.24, 2.45) is 0 Å². The Balaban J connectivity index is 1.69. The summed E-state index contributed by atoms with van der Waals surface area (Å²) in [5, 5.41) is 12.2. The van der Waals surface area contributed by atoms with Crippen molar-refractivity contribution < 1.29 is 9.53 Å². The van der Waals surface area contributed by atoms with Crippen molar-refractivity contribution in [1.29, 1.82) is 0 Å². The number of allylic oxidation sites excluding steroid dienone is 1. The summed E-state index contributed by atoms with van der Waals surface area (Å²) in [5.41, 5.74) is 4.23. The number of nitrogens with one attached hydrogen (secondary N) is 1. The first-order chi connectivity index (χ1) is 14.9. The quantitative estimate of drug-likeness (QED) is 0.366. The first kappa shape index (κ1) is 22.6. The molecule has 31 heavy (non-hydrogen) atoms. The van der Waals surface area contributed by atoms with E-state index in [9.17, 15) is 4.79 Å². The second-order valence-corrected chi connectivity index (χ2v) is 8.34. The molecule has 0 saturated heterocycles. The Labute approximate surface area is 187 Å². The van der Waals surface area contributed by atoms with Crippen molar-refractivity contribution >= 4 is 23.4 Å². The van der Waals surface area contributed by atoms with Gasteiger partial charge in [-0.1, -0.05) is 42.1 Å². The molecule has 2 aromatic carbocycles. The van der Waals surface area contributed by atoms with Gasteiger partial charge in [0.1, 0.15) is 5.75 Å². The highest BCUT2D eigenvalue weighted by Crippen LogP contribution is 2.26. The van der Waals surface area contributed by atoms with E-state index in [4.69, 9.17) is 4.74 Å². The predicted octanol–water partition coefficient (Wildman–Crippen LogP) is 5.26. The van der Waals surface area contributed by atoms with Crippen LogP contribution in [0.4, 0.5) is 5.69 Å². The number of rotatable bonds is 9. The smallest absolute Gasteiger partial charge is 0.234 e. The lowest BCUT2D eigenvalue weighted by Gasteiger charge is -2.16. The van der Waals surface area contributed by atoms with Gasteiger partial charge in [-0.2, -0.15) is 0 Å². The van der Waals surface area contributed by atoms with Crippen LogP contribution in [0.3, 0.4) is 0 Å². The molecule has 3 rings (SSSR count). The van der Waals surface area contributed by atoms with Crippen LogP contribution in [-0.2, 0) is 11.3 Å². The first-order valence-electron chi connectivity index (χ1n) is 10.1. The van der Waals surface area contributed by atoms with Gasteiger partial charge in [-0.05, 0) is 62.6 Å². The van der Waals surface area contributed by atoms with E-state index in [1.54, 1.807) is 6.08 Å². The number of benzene rings is 2. The Morgan fingerprint density at radius 3 is 2.65 bits per heavy atom. The molecule has 0 aliphatic heterocycles. The number of ether oxygens (including phenoxy) is 1. The fourth-order valence-corrected chi connectivity index (χ4v) is 3.84. The number of aromatic nitrogens is 3. The van der Waals surface area contributed by atoms with Gasteiger partial charge in [-0.3, -0.25) is 9.36 Å². The van der Waals surface area contributed by atoms with Gasteiger partial charge >= 0.3 is 0 Å². The van der Waals surface area contributed by atoms with Crippen LogP contribution < -0.4 is 10.1 Å². The number of nitrogens with zero attached hydrogens (tertiary/aromatic N) is 3. The molecule has 0 fully saturated rings. The van der Waals surface area contributed by atoms with Gasteiger partial charge in [0.2, 0.25) is 5.91 Å². The van der Waals surface area contributed by atoms with Crippen LogP contribution >= 0.6 is 11.8 Å². The third-order valence-corrected chi connectivity index (χ3v) is 5.93. The number of thioether (sulfide) groups is 1. The highest BCUT2D eigenvalue weighted by atomic mass is 32.2. The third kappa shape index (κ3) is 5.76. The topological polar surface area (TPSA) is 69.0 Å². The summed E-state index contributed by atoms with van der Waals surface area (Å²) in [5.74, 6) is 1.62. The summed E-state index contributed by atoms with van der Waals surface area (Å²) >= 11 is 1.34. The molecule has 1 atom stereocenters. The molecular formula is C24H28N4O2S. The zero-order valence-electron chi connectivity index (χ0n) is 18.4. The fourth-order valence-electron chi connectivity index (χ4n) is 3.08. The van der Waals surface area contributed by atoms with Gasteiger partial charge in [-0.15, -0.1) is 16.8 Å². The van der Waals surface area contributed by atoms with Crippen molar-refractivity contribution in [3.8, 4) is 5.75 Å². The Bertz CT molecular complexity index is 1080. The molecule has 1 unspecified atom stereocenters. The Hall–Kier alpha value is -3.06. The van der Waals surface area contributed by atoms with Crippen LogP contribution in [0.2, 0.25) is 0 Å². The van der Waals surface area contributed by atoms with Crippen molar-refractivity contribution in [3.05, 3.63) is 77.6 Å². The average Bonchev–Trinajstić information content (AvgIpc) is 3.14. The van der Waals surface area contributed by atoms with E-state index in [1.807, 2.05) is 60.9 Å². The van der Waals surface area contributed by atoms with E-state index in [1.165, 1.54) is 22.9 Å². The van der Waals surface area contributed by atoms with Crippen molar-refractivity contribution in [2.45, 2.75) is 45.5 Å². The van der Waals surface area contributed by atoms with E-state index in [2.05, 4.69) is 35.9 Å². The number of anilines is 1. The number of para-hydroxylation sites is 1. The van der Waals surface area contributed by atoms with E-state index in [0.717, 1.165) is 17.0 Å². The lowest BCUT2D eigenvalue weighted by Crippen LogP contribution is -2.16. The maximum absolute atomic E-state index is 12.4. The van der Waals surface area contributed by atoms with E-state index < -0.39 is 0 Å². The van der Waals surface area contributed by atoms with E-state index >= 15 is 0 Å². The minimum atomic E-state index is -0.301. The average molecular weight is 437 g/mol. The van der Waals surface area contributed by atoms with Crippen LogP contribution in [0.5, 0.6) is 5.75 Å². The van der Waals surface area contributed by atoms with Crippen molar-refractivity contribution in [1.82, 2.24) is 14.8 Å². The number of carbonyl (C=O) groups is 1. The summed E-state index contributed by atoms with van der Waals surface area (Å²) in [4.78, 5) is 12.4. The summed E-state index contributed by atoms with van der Waals surface area (Å²) in [6, 6.07) is 13.7. The predicted molar refractivity (Wildman–Crippen MR) is 126 cm³/mol. The van der Waals surface area contributed by atoms with Gasteiger partial charge in [0.25, 0.3) is 0 Å². The first-order valence-corrected chi connectivity index (χ1v) is 11.1. The molecule has 1 aromatic heterocycles. The highest BCUT2D eigenvalue weighted by Gasteiger charge is 2.20. The third-order valence-electron chi connectivity index (χ3n) is 4.96. The van der Waals surface area contributed by atoms with Gasteiger partial charge in [0.05, 0.1) is 5.75 Å². The standard InChI is InChI=1S/C24H28N4O2S/c1-6-13-28-23(19(5)30-20-12-11-16(2)18(4)14-20)26-27-24(28)31-15-22(29)25-21-10-8-7-9-17(21)3/h6-12,14,19H,1,13,15H2,2-5H3,(H,25,29). The molecule has 0 bridgehead atoms. The second-order valence-electron chi connectivity index (χ2n) is 7.40. The van der Waals surface area contributed by atoms with Gasteiger partial charge in [0, 0.05) is 12.2 Å². The monoisotopic (exact) mass is 436 g/mol. The number of aryl methyl sites for hydroxylation is 3. The largest absolute Gasteiger partial charge is 0.483 e. The maximum atomic E-state index is 12.4. The SMILES string of the molecule is C=CCn1c(SCC(=O)Nc2ccccc2C)nnc1C(C)Oc1ccc(C)c(C)c1. The number of hydrogen-bond donors (Lipinski definition) is 1. The number of amides is 1. The summed E-state index contributed by atoms with van der Waals surface area (Å²) in [7, 11) is 0. The summed E-state index contributed by atoms with van der Waals surface area (Å²) in [6.07, 6.45) is 1.48. The van der Waals surface area contributed by atoms with Crippen LogP contribution in [0, 0.1) is 20.8 Å². The molecule has 1 amide bonds. The molecule has 1 N–H and O–H groups in total. The molecule has 0 radical (unpaired) electrons. The van der Waals surface area contributed by atoms with E-state index in [0.29, 0.717) is 17.5 Å². The molecule has 3 aromatic rings. The molecule has 7 heteroatoms. The summed E-state index contributed by atoms with van der Waals surface area (Å²) in [6.45, 7) is 12.4. The zero-order chi connectivity index (χ0) is 22.4.